The summed E-state index contributed by atoms with van der Waals surface area (Å²) in [6, 6.07) is -5.10. The van der Waals surface area contributed by atoms with Crippen molar-refractivity contribution in [2.45, 2.75) is 52.2 Å². The SMILES string of the molecule is CCCCBCCCC.O=S(=O)(O)CF.O=S(=O)(O)CF.O=S(=O)(O)CF. The maximum atomic E-state index is 10.7. The van der Waals surface area contributed by atoms with Crippen LogP contribution in [-0.4, -0.2) is 64.2 Å². The Kier molecular flexibility index (Phi) is 25.7. The topological polar surface area (TPSA) is 163 Å². The van der Waals surface area contributed by atoms with Crippen molar-refractivity contribution in [1.29, 1.82) is 0 Å². The standard InChI is InChI=1S/C8H19B.3CH3FO3S/c1-3-5-7-9-8-6-4-2;3*2-1-6(3,4)5/h9H,3-8H2,1-2H3;3*1H2,(H,3,4,5). The molecule has 0 rings (SSSR count). The van der Waals surface area contributed by atoms with Crippen LogP contribution in [0.3, 0.4) is 0 Å². The molecule has 0 aromatic carbocycles. The van der Waals surface area contributed by atoms with Gasteiger partial charge in [-0.3, -0.25) is 13.7 Å². The van der Waals surface area contributed by atoms with Gasteiger partial charge < -0.3 is 0 Å². The molecule has 0 spiro atoms. The van der Waals surface area contributed by atoms with E-state index in [1.807, 2.05) is 0 Å². The van der Waals surface area contributed by atoms with E-state index in [0.29, 0.717) is 0 Å². The van der Waals surface area contributed by atoms with Gasteiger partial charge in [-0.05, 0) is 0 Å². The van der Waals surface area contributed by atoms with Gasteiger partial charge >= 0.3 is 0 Å². The van der Waals surface area contributed by atoms with Crippen LogP contribution in [0, 0.1) is 0 Å². The molecular weight excluding hydrogens is 440 g/mol. The van der Waals surface area contributed by atoms with E-state index in [1.54, 1.807) is 0 Å². The average Bonchev–Trinajstić information content (AvgIpc) is 2.54. The summed E-state index contributed by atoms with van der Waals surface area (Å²) >= 11 is 0. The van der Waals surface area contributed by atoms with Crippen molar-refractivity contribution in [1.82, 2.24) is 0 Å². The first-order valence-electron chi connectivity index (χ1n) is 7.63. The highest BCUT2D eigenvalue weighted by molar-refractivity contribution is 7.86. The number of unbranched alkanes of at least 4 members (excludes halogenated alkanes) is 2. The molecule has 16 heteroatoms. The Morgan fingerprint density at radius 1 is 0.630 bits per heavy atom. The first-order chi connectivity index (χ1) is 12.1. The fraction of sp³-hybridized carbons (Fsp3) is 1.00. The van der Waals surface area contributed by atoms with Crippen molar-refractivity contribution in [3.63, 3.8) is 0 Å². The minimum atomic E-state index is -4.33. The second kappa shape index (κ2) is 20.3. The Labute approximate surface area is 160 Å². The Bertz CT molecular complexity index is 528. The summed E-state index contributed by atoms with van der Waals surface area (Å²) in [4.78, 5) is 0. The smallest absolute Gasteiger partial charge is 0.284 e. The number of hydrogen-bond donors (Lipinski definition) is 3. The van der Waals surface area contributed by atoms with Gasteiger partial charge in [0.1, 0.15) is 7.28 Å². The number of halogens is 3. The fourth-order valence-corrected chi connectivity index (χ4v) is 1.03. The van der Waals surface area contributed by atoms with Crippen LogP contribution in [0.4, 0.5) is 13.2 Å². The van der Waals surface area contributed by atoms with Crippen molar-refractivity contribution in [3.8, 4) is 0 Å². The van der Waals surface area contributed by atoms with Gasteiger partial charge in [-0.2, -0.15) is 25.3 Å². The monoisotopic (exact) mass is 468 g/mol. The van der Waals surface area contributed by atoms with Crippen LogP contribution in [0.5, 0.6) is 0 Å². The van der Waals surface area contributed by atoms with Crippen LogP contribution in [-0.2, 0) is 30.4 Å². The van der Waals surface area contributed by atoms with Crippen LogP contribution in [0.1, 0.15) is 39.5 Å². The summed E-state index contributed by atoms with van der Waals surface area (Å²) < 4.78 is 109. The van der Waals surface area contributed by atoms with Crippen LogP contribution in [0.15, 0.2) is 0 Å². The molecule has 0 aromatic rings. The quantitative estimate of drug-likeness (QED) is 0.262. The lowest BCUT2D eigenvalue weighted by molar-refractivity contribution is 0.446. The van der Waals surface area contributed by atoms with Gasteiger partial charge in [0.15, 0.2) is 0 Å². The van der Waals surface area contributed by atoms with Crippen molar-refractivity contribution in [3.05, 3.63) is 0 Å². The predicted octanol–water partition coefficient (Wildman–Crippen LogP) is 2.26. The van der Waals surface area contributed by atoms with Crippen LogP contribution in [0.2, 0.25) is 12.6 Å². The molecule has 9 nitrogen and oxygen atoms in total. The van der Waals surface area contributed by atoms with E-state index in [0.717, 1.165) is 0 Å². The summed E-state index contributed by atoms with van der Waals surface area (Å²) in [7, 11) is -11.5. The molecule has 0 saturated carbocycles. The molecule has 0 fully saturated rings. The Hall–Kier alpha value is -0.415. The van der Waals surface area contributed by atoms with E-state index >= 15 is 0 Å². The molecule has 27 heavy (non-hydrogen) atoms. The van der Waals surface area contributed by atoms with Crippen molar-refractivity contribution in [2.75, 3.05) is 18.0 Å². The third-order valence-electron chi connectivity index (χ3n) is 2.12. The molecule has 0 aliphatic rings. The third kappa shape index (κ3) is 66.9. The zero-order valence-electron chi connectivity index (χ0n) is 15.2. The van der Waals surface area contributed by atoms with E-state index in [1.165, 1.54) is 45.6 Å². The number of alkyl halides is 3. The van der Waals surface area contributed by atoms with Gasteiger partial charge in [0.25, 0.3) is 30.4 Å². The maximum absolute atomic E-state index is 10.7. The fourth-order valence-electron chi connectivity index (χ4n) is 1.03. The molecule has 0 heterocycles. The molecule has 0 radical (unpaired) electrons. The summed E-state index contributed by atoms with van der Waals surface area (Å²) in [6.07, 6.45) is 8.51. The zero-order valence-corrected chi connectivity index (χ0v) is 17.7. The largest absolute Gasteiger partial charge is 0.294 e. The van der Waals surface area contributed by atoms with Crippen molar-refractivity contribution in [2.24, 2.45) is 0 Å². The lowest BCUT2D eigenvalue weighted by Crippen LogP contribution is -1.96. The minimum absolute atomic E-state index is 1.37. The first kappa shape index (κ1) is 34.1. The average molecular weight is 468 g/mol. The second-order valence-corrected chi connectivity index (χ2v) is 8.99. The molecule has 168 valence electrons. The Balaban J connectivity index is -0.000000133. The molecule has 0 aliphatic heterocycles. The van der Waals surface area contributed by atoms with E-state index in [-0.39, 0.29) is 0 Å². The van der Waals surface area contributed by atoms with E-state index in [9.17, 15) is 38.4 Å². The molecule has 0 aliphatic carbocycles. The molecule has 3 N–H and O–H groups in total. The normalized spacial score (nSPS) is 11.0. The summed E-state index contributed by atoms with van der Waals surface area (Å²) in [6.45, 7) is 4.53. The molecule has 0 bridgehead atoms. The van der Waals surface area contributed by atoms with Crippen molar-refractivity contribution < 1.29 is 52.1 Å². The minimum Gasteiger partial charge on any atom is -0.284 e. The molecular formula is C11H28BF3O9S3. The molecule has 0 aromatic heterocycles. The van der Waals surface area contributed by atoms with Crippen molar-refractivity contribution >= 4 is 37.6 Å². The highest BCUT2D eigenvalue weighted by Crippen LogP contribution is 1.99. The molecule has 0 atom stereocenters. The third-order valence-corrected chi connectivity index (χ3v) is 2.95. The number of rotatable bonds is 9. The van der Waals surface area contributed by atoms with E-state index in [4.69, 9.17) is 13.7 Å². The summed E-state index contributed by atoms with van der Waals surface area (Å²) in [5.41, 5.74) is 0. The Morgan fingerprint density at radius 2 is 0.815 bits per heavy atom. The Morgan fingerprint density at radius 3 is 0.926 bits per heavy atom. The van der Waals surface area contributed by atoms with Gasteiger partial charge in [-0.1, -0.05) is 52.2 Å². The lowest BCUT2D eigenvalue weighted by Gasteiger charge is -1.93. The predicted molar refractivity (Wildman–Crippen MR) is 99.1 cm³/mol. The lowest BCUT2D eigenvalue weighted by atomic mass is 9.68. The van der Waals surface area contributed by atoms with E-state index in [2.05, 4.69) is 13.8 Å². The summed E-state index contributed by atoms with van der Waals surface area (Å²) in [5.74, 6) is 0. The van der Waals surface area contributed by atoms with Crippen LogP contribution in [0.25, 0.3) is 0 Å². The highest BCUT2D eigenvalue weighted by Gasteiger charge is 1.98. The first-order valence-corrected chi connectivity index (χ1v) is 12.5. The van der Waals surface area contributed by atoms with E-state index < -0.39 is 48.4 Å². The molecule has 0 saturated heterocycles. The second-order valence-electron chi connectivity index (χ2n) is 4.84. The van der Waals surface area contributed by atoms with Gasteiger partial charge in [0.05, 0.1) is 0 Å². The van der Waals surface area contributed by atoms with Gasteiger partial charge in [-0.25, -0.2) is 13.2 Å². The molecule has 0 unspecified atom stereocenters. The number of hydrogen-bond acceptors (Lipinski definition) is 6. The van der Waals surface area contributed by atoms with Gasteiger partial charge in [-0.15, -0.1) is 0 Å². The molecule has 0 amide bonds. The van der Waals surface area contributed by atoms with Crippen LogP contribution < -0.4 is 0 Å². The summed E-state index contributed by atoms with van der Waals surface area (Å²) in [5, 5.41) is 0. The highest BCUT2D eigenvalue weighted by atomic mass is 32.2. The zero-order chi connectivity index (χ0) is 22.6. The van der Waals surface area contributed by atoms with Gasteiger partial charge in [0, 0.05) is 0 Å². The van der Waals surface area contributed by atoms with Gasteiger partial charge in [0.2, 0.25) is 18.0 Å². The maximum Gasteiger partial charge on any atom is 0.294 e. The van der Waals surface area contributed by atoms with Crippen LogP contribution >= 0.6 is 0 Å².